The lowest BCUT2D eigenvalue weighted by Crippen LogP contribution is -2.23. The fraction of sp³-hybridized carbons (Fsp3) is 1.00. The van der Waals surface area contributed by atoms with Gasteiger partial charge in [0.15, 0.2) is 0 Å². The van der Waals surface area contributed by atoms with E-state index in [1.165, 1.54) is 0 Å². The molecule has 0 rings (SSSR count). The van der Waals surface area contributed by atoms with Gasteiger partial charge in [0.05, 0.1) is 19.8 Å². The number of hydrogen-bond acceptors (Lipinski definition) is 4. The van der Waals surface area contributed by atoms with Gasteiger partial charge in [0.25, 0.3) is 9.24 Å². The Morgan fingerprint density at radius 2 is 2.00 bits per heavy atom. The van der Waals surface area contributed by atoms with E-state index in [-0.39, 0.29) is 13.2 Å². The Morgan fingerprint density at radius 1 is 1.33 bits per heavy atom. The summed E-state index contributed by atoms with van der Waals surface area (Å²) in [5.74, 6) is 0. The normalized spacial score (nSPS) is 11.8. The lowest BCUT2D eigenvalue weighted by atomic mass is 10.7. The molecule has 0 unspecified atom stereocenters. The van der Waals surface area contributed by atoms with E-state index < -0.39 is 9.24 Å². The van der Waals surface area contributed by atoms with E-state index in [1.807, 2.05) is 0 Å². The van der Waals surface area contributed by atoms with Crippen molar-refractivity contribution in [3.63, 3.8) is 0 Å². The van der Waals surface area contributed by atoms with Gasteiger partial charge in [-0.1, -0.05) is 0 Å². The van der Waals surface area contributed by atoms with E-state index in [1.54, 1.807) is 7.11 Å². The summed E-state index contributed by atoms with van der Waals surface area (Å²) in [6.45, 7) is 1.40. The van der Waals surface area contributed by atoms with E-state index in [0.29, 0.717) is 13.2 Å². The maximum atomic E-state index is 10.3. The van der Waals surface area contributed by atoms with Crippen LogP contribution in [0.2, 0.25) is 0 Å². The third-order valence-corrected chi connectivity index (χ3v) is 1.83. The zero-order valence-corrected chi connectivity index (χ0v) is 8.32. The highest BCUT2D eigenvalue weighted by atomic mass is 35.7. The molecule has 0 amide bonds. The lowest BCUT2D eigenvalue weighted by molar-refractivity contribution is 0.0736. The summed E-state index contributed by atoms with van der Waals surface area (Å²) < 4.78 is 32.3. The molecule has 0 aliphatic heterocycles. The Labute approximate surface area is 76.5 Å². The molecule has 0 bridgehead atoms. The molecule has 0 spiro atoms. The van der Waals surface area contributed by atoms with Crippen LogP contribution in [0, 0.1) is 0 Å². The second kappa shape index (κ2) is 6.62. The van der Waals surface area contributed by atoms with Gasteiger partial charge >= 0.3 is 0 Å². The van der Waals surface area contributed by atoms with Gasteiger partial charge in [-0.2, -0.15) is 13.1 Å². The van der Waals surface area contributed by atoms with E-state index >= 15 is 0 Å². The molecule has 0 aromatic carbocycles. The van der Waals surface area contributed by atoms with Crippen molar-refractivity contribution < 1.29 is 17.9 Å². The monoisotopic (exact) mass is 217 g/mol. The van der Waals surface area contributed by atoms with E-state index in [2.05, 4.69) is 4.72 Å². The van der Waals surface area contributed by atoms with Crippen molar-refractivity contribution in [2.24, 2.45) is 0 Å². The lowest BCUT2D eigenvalue weighted by Gasteiger charge is -2.02. The fourth-order valence-electron chi connectivity index (χ4n) is 0.480. The zero-order valence-electron chi connectivity index (χ0n) is 6.75. The first-order valence-corrected chi connectivity index (χ1v) is 5.63. The van der Waals surface area contributed by atoms with E-state index in [0.717, 1.165) is 0 Å². The average molecular weight is 218 g/mol. The second-order valence-electron chi connectivity index (χ2n) is 1.94. The predicted octanol–water partition coefficient (Wildman–Crippen LogP) is -0.277. The first-order valence-electron chi connectivity index (χ1n) is 3.32. The molecular formula is C5H12ClNO4S. The standard InChI is InChI=1S/C5H12ClNO4S/c1-10-4-5-11-3-2-7-12(6,8)9/h7H,2-5H2,1H3. The third-order valence-electron chi connectivity index (χ3n) is 0.953. The fourth-order valence-corrected chi connectivity index (χ4v) is 1.04. The van der Waals surface area contributed by atoms with Crippen molar-refractivity contribution in [3.8, 4) is 0 Å². The van der Waals surface area contributed by atoms with Crippen molar-refractivity contribution in [1.29, 1.82) is 0 Å². The Balaban J connectivity index is 3.12. The van der Waals surface area contributed by atoms with Gasteiger partial charge in [-0.15, -0.1) is 0 Å². The van der Waals surface area contributed by atoms with Crippen LogP contribution in [0.5, 0.6) is 0 Å². The molecule has 12 heavy (non-hydrogen) atoms. The maximum Gasteiger partial charge on any atom is 0.297 e. The van der Waals surface area contributed by atoms with Crippen LogP contribution in [0.1, 0.15) is 0 Å². The summed E-state index contributed by atoms with van der Waals surface area (Å²) in [5.41, 5.74) is 0. The highest BCUT2D eigenvalue weighted by Crippen LogP contribution is 1.87. The number of halogens is 1. The van der Waals surface area contributed by atoms with Gasteiger partial charge in [0, 0.05) is 24.3 Å². The smallest absolute Gasteiger partial charge is 0.297 e. The number of rotatable bonds is 7. The summed E-state index contributed by atoms with van der Waals surface area (Å²) in [7, 11) is 2.81. The molecule has 0 saturated heterocycles. The Kier molecular flexibility index (Phi) is 6.68. The summed E-state index contributed by atoms with van der Waals surface area (Å²) in [5, 5.41) is 0. The van der Waals surface area contributed by atoms with Gasteiger partial charge in [-0.3, -0.25) is 0 Å². The highest BCUT2D eigenvalue weighted by molar-refractivity contribution is 8.12. The Hall–Kier alpha value is 0.120. The minimum Gasteiger partial charge on any atom is -0.382 e. The Morgan fingerprint density at radius 3 is 2.50 bits per heavy atom. The van der Waals surface area contributed by atoms with Crippen LogP contribution in [0.25, 0.3) is 0 Å². The minimum atomic E-state index is -3.61. The molecule has 0 saturated carbocycles. The molecule has 0 aromatic heterocycles. The van der Waals surface area contributed by atoms with Gasteiger partial charge < -0.3 is 9.47 Å². The molecule has 1 N–H and O–H groups in total. The summed E-state index contributed by atoms with van der Waals surface area (Å²) >= 11 is 0. The number of hydrogen-bond donors (Lipinski definition) is 1. The third kappa shape index (κ3) is 10.1. The topological polar surface area (TPSA) is 64.6 Å². The molecule has 0 radical (unpaired) electrons. The van der Waals surface area contributed by atoms with Gasteiger partial charge in [-0.05, 0) is 0 Å². The van der Waals surface area contributed by atoms with Crippen molar-refractivity contribution >= 4 is 19.9 Å². The van der Waals surface area contributed by atoms with Crippen LogP contribution < -0.4 is 4.72 Å². The van der Waals surface area contributed by atoms with Crippen LogP contribution in [-0.2, 0) is 18.7 Å². The van der Waals surface area contributed by atoms with Gasteiger partial charge in [0.2, 0.25) is 0 Å². The van der Waals surface area contributed by atoms with E-state index in [9.17, 15) is 8.42 Å². The number of methoxy groups -OCH3 is 1. The molecule has 74 valence electrons. The number of nitrogens with one attached hydrogen (secondary N) is 1. The largest absolute Gasteiger partial charge is 0.382 e. The first-order chi connectivity index (χ1) is 5.56. The maximum absolute atomic E-state index is 10.3. The number of ether oxygens (including phenoxy) is 2. The summed E-state index contributed by atoms with van der Waals surface area (Å²) in [6.07, 6.45) is 0. The van der Waals surface area contributed by atoms with Crippen LogP contribution in [0.15, 0.2) is 0 Å². The van der Waals surface area contributed by atoms with Crippen molar-refractivity contribution in [2.75, 3.05) is 33.5 Å². The van der Waals surface area contributed by atoms with Crippen molar-refractivity contribution in [1.82, 2.24) is 4.72 Å². The zero-order chi connectivity index (χ0) is 9.45. The van der Waals surface area contributed by atoms with Crippen molar-refractivity contribution in [2.45, 2.75) is 0 Å². The molecule has 7 heteroatoms. The highest BCUT2D eigenvalue weighted by Gasteiger charge is 2.00. The molecule has 0 aliphatic rings. The molecule has 0 fully saturated rings. The predicted molar refractivity (Wildman–Crippen MR) is 45.5 cm³/mol. The second-order valence-corrected chi connectivity index (χ2v) is 4.32. The first kappa shape index (κ1) is 12.1. The van der Waals surface area contributed by atoms with Crippen LogP contribution in [-0.4, -0.2) is 41.9 Å². The van der Waals surface area contributed by atoms with Gasteiger partial charge in [0.1, 0.15) is 0 Å². The SMILES string of the molecule is COCCOCCNS(=O)(=O)Cl. The summed E-state index contributed by atoms with van der Waals surface area (Å²) in [4.78, 5) is 0. The van der Waals surface area contributed by atoms with Crippen LogP contribution in [0.4, 0.5) is 0 Å². The quantitative estimate of drug-likeness (QED) is 0.471. The molecule has 5 nitrogen and oxygen atoms in total. The van der Waals surface area contributed by atoms with Crippen LogP contribution >= 0.6 is 10.7 Å². The van der Waals surface area contributed by atoms with E-state index in [4.69, 9.17) is 20.2 Å². The Bertz CT molecular complexity index is 194. The molecule has 0 aromatic rings. The van der Waals surface area contributed by atoms with Crippen LogP contribution in [0.3, 0.4) is 0 Å². The molecular weight excluding hydrogens is 206 g/mol. The molecule has 0 atom stereocenters. The average Bonchev–Trinajstić information content (AvgIpc) is 1.94. The molecule has 0 heterocycles. The minimum absolute atomic E-state index is 0.176. The summed E-state index contributed by atoms with van der Waals surface area (Å²) in [6, 6.07) is 0. The van der Waals surface area contributed by atoms with Gasteiger partial charge in [-0.25, -0.2) is 0 Å². The molecule has 0 aliphatic carbocycles. The van der Waals surface area contributed by atoms with Crippen molar-refractivity contribution in [3.05, 3.63) is 0 Å².